The van der Waals surface area contributed by atoms with Crippen LogP contribution in [0.3, 0.4) is 0 Å². The van der Waals surface area contributed by atoms with E-state index in [1.54, 1.807) is 0 Å². The predicted octanol–water partition coefficient (Wildman–Crippen LogP) is 3.87. The first-order chi connectivity index (χ1) is 17.9. The number of carbonyl (C=O) groups excluding carboxylic acids is 1. The normalized spacial score (nSPS) is 16.1. The number of amides is 1. The zero-order chi connectivity index (χ0) is 28.1. The van der Waals surface area contributed by atoms with Crippen molar-refractivity contribution in [3.8, 4) is 6.07 Å². The van der Waals surface area contributed by atoms with E-state index in [9.17, 15) is 36.0 Å². The highest BCUT2D eigenvalue weighted by atomic mass is 32.2. The van der Waals surface area contributed by atoms with Gasteiger partial charge in [-0.05, 0) is 66.8 Å². The van der Waals surface area contributed by atoms with E-state index in [2.05, 4.69) is 16.9 Å². The lowest BCUT2D eigenvalue weighted by Crippen LogP contribution is -2.45. The zero-order valence-corrected chi connectivity index (χ0v) is 20.5. The molecule has 1 fully saturated rings. The lowest BCUT2D eigenvalue weighted by atomic mass is 10.1. The Balaban J connectivity index is 1.79. The molecular formula is C25H21F4N5O3S. The smallest absolute Gasteiger partial charge is 0.351 e. The third-order valence-electron chi connectivity index (χ3n) is 5.72. The molecule has 1 aliphatic rings. The Morgan fingerprint density at radius 1 is 1.29 bits per heavy atom. The van der Waals surface area contributed by atoms with E-state index < -0.39 is 39.5 Å². The van der Waals surface area contributed by atoms with Crippen LogP contribution < -0.4 is 5.32 Å². The first kappa shape index (κ1) is 28.5. The molecule has 0 saturated carbocycles. The summed E-state index contributed by atoms with van der Waals surface area (Å²) >= 11 is 0. The molecule has 3 rings (SSSR count). The van der Waals surface area contributed by atoms with Gasteiger partial charge < -0.3 is 5.32 Å². The number of sulfonamides is 1. The number of hydrogen-bond donors (Lipinski definition) is 2. The average molecular weight is 548 g/mol. The predicted molar refractivity (Wildman–Crippen MR) is 130 cm³/mol. The van der Waals surface area contributed by atoms with Crippen LogP contribution in [0.5, 0.6) is 0 Å². The molecule has 2 heterocycles. The number of halogens is 4. The van der Waals surface area contributed by atoms with Crippen molar-refractivity contribution < 1.29 is 30.8 Å². The quantitative estimate of drug-likeness (QED) is 0.295. The van der Waals surface area contributed by atoms with Crippen molar-refractivity contribution in [2.24, 2.45) is 0 Å². The van der Waals surface area contributed by atoms with Crippen LogP contribution in [-0.4, -0.2) is 48.2 Å². The summed E-state index contributed by atoms with van der Waals surface area (Å²) in [7, 11) is -4.07. The van der Waals surface area contributed by atoms with Crippen LogP contribution in [0.2, 0.25) is 0 Å². The molecule has 0 radical (unpaired) electrons. The van der Waals surface area contributed by atoms with Crippen LogP contribution in [0, 0.1) is 22.6 Å². The third-order valence-corrected chi connectivity index (χ3v) is 7.64. The lowest BCUT2D eigenvalue weighted by Gasteiger charge is -2.23. The fourth-order valence-corrected chi connectivity index (χ4v) is 5.35. The van der Waals surface area contributed by atoms with Gasteiger partial charge in [-0.1, -0.05) is 6.58 Å². The average Bonchev–Trinajstić information content (AvgIpc) is 3.38. The summed E-state index contributed by atoms with van der Waals surface area (Å²) in [5.74, 6) is 0.752. The van der Waals surface area contributed by atoms with Crippen LogP contribution >= 0.6 is 0 Å². The van der Waals surface area contributed by atoms with Crippen LogP contribution in [0.1, 0.15) is 29.7 Å². The summed E-state index contributed by atoms with van der Waals surface area (Å²) in [6, 6.07) is 6.42. The Morgan fingerprint density at radius 2 is 1.97 bits per heavy atom. The van der Waals surface area contributed by atoms with Gasteiger partial charge in [0, 0.05) is 24.9 Å². The monoisotopic (exact) mass is 547 g/mol. The highest BCUT2D eigenvalue weighted by molar-refractivity contribution is 7.89. The van der Waals surface area contributed by atoms with Crippen molar-refractivity contribution in [2.75, 3.05) is 6.54 Å². The number of nitrogens with zero attached hydrogens (tertiary/aromatic N) is 3. The van der Waals surface area contributed by atoms with Gasteiger partial charge in [0.15, 0.2) is 0 Å². The highest BCUT2D eigenvalue weighted by Gasteiger charge is 2.39. The van der Waals surface area contributed by atoms with Gasteiger partial charge in [0.2, 0.25) is 15.9 Å². The number of nitrogens with one attached hydrogen (secondary N) is 2. The summed E-state index contributed by atoms with van der Waals surface area (Å²) in [6.07, 6.45) is -1.24. The molecule has 1 aromatic carbocycles. The van der Waals surface area contributed by atoms with Crippen molar-refractivity contribution >= 4 is 27.4 Å². The van der Waals surface area contributed by atoms with E-state index in [1.807, 2.05) is 11.9 Å². The maximum atomic E-state index is 13.2. The molecule has 0 unspecified atom stereocenters. The number of alkyl halides is 3. The topological polar surface area (TPSA) is 127 Å². The Bertz CT molecular complexity index is 1470. The largest absolute Gasteiger partial charge is 0.415 e. The van der Waals surface area contributed by atoms with E-state index in [4.69, 9.17) is 5.41 Å². The Morgan fingerprint density at radius 3 is 2.58 bits per heavy atom. The Hall–Kier alpha value is -4.11. The number of pyridine rings is 1. The Kier molecular flexibility index (Phi) is 8.63. The van der Waals surface area contributed by atoms with Gasteiger partial charge in [-0.25, -0.2) is 12.8 Å². The van der Waals surface area contributed by atoms with Crippen molar-refractivity contribution in [1.82, 2.24) is 14.6 Å². The van der Waals surface area contributed by atoms with Crippen LogP contribution in [0.4, 0.5) is 17.6 Å². The summed E-state index contributed by atoms with van der Waals surface area (Å²) in [5, 5.41) is 19.4. The zero-order valence-electron chi connectivity index (χ0n) is 19.7. The van der Waals surface area contributed by atoms with Gasteiger partial charge in [-0.2, -0.15) is 22.7 Å². The second-order valence-electron chi connectivity index (χ2n) is 8.18. The van der Waals surface area contributed by atoms with Gasteiger partial charge in [0.05, 0.1) is 21.7 Å². The SMILES string of the molecule is C=C(/C=C\C(=C=N)c1cc(CNC(=O)[C@@H]2CCCN2S(=O)(=O)c2ccc(F)cc2)c(C#N)cn1)C(F)(F)F. The number of rotatable bonds is 8. The summed E-state index contributed by atoms with van der Waals surface area (Å²) in [6.45, 7) is 2.78. The Labute approximate surface area is 216 Å². The standard InChI is InChI=1S/C25H21F4N5O3S/c1-16(25(27,28)29)4-5-17(12-30)22-11-18(19(13-31)15-32-22)14-33-24(35)23-3-2-10-34(23)38(36,37)21-8-6-20(26)7-9-21/h4-9,11,15,23,30H,1-3,10,14H2,(H,33,35)/b5-4-/t23-/m0/s1. The molecule has 8 nitrogen and oxygen atoms in total. The first-order valence-corrected chi connectivity index (χ1v) is 12.5. The van der Waals surface area contributed by atoms with Gasteiger partial charge in [0.1, 0.15) is 17.9 Å². The van der Waals surface area contributed by atoms with Crippen LogP contribution in [0.15, 0.2) is 65.7 Å². The maximum Gasteiger partial charge on any atom is 0.415 e. The van der Waals surface area contributed by atoms with Crippen molar-refractivity contribution in [3.63, 3.8) is 0 Å². The number of hydrogen-bond acceptors (Lipinski definition) is 6. The lowest BCUT2D eigenvalue weighted by molar-refractivity contribution is -0.124. The molecule has 0 aliphatic carbocycles. The molecule has 1 aromatic heterocycles. The molecule has 0 bridgehead atoms. The van der Waals surface area contributed by atoms with E-state index in [-0.39, 0.29) is 46.8 Å². The molecule has 1 atom stereocenters. The minimum atomic E-state index is -4.66. The van der Waals surface area contributed by atoms with Crippen molar-refractivity contribution in [2.45, 2.75) is 36.5 Å². The molecule has 1 amide bonds. The van der Waals surface area contributed by atoms with E-state index >= 15 is 0 Å². The molecule has 13 heteroatoms. The van der Waals surface area contributed by atoms with Crippen molar-refractivity contribution in [3.05, 3.63) is 83.5 Å². The highest BCUT2D eigenvalue weighted by Crippen LogP contribution is 2.27. The fraction of sp³-hybridized carbons (Fsp3) is 0.240. The fourth-order valence-electron chi connectivity index (χ4n) is 3.69. The van der Waals surface area contributed by atoms with E-state index in [0.29, 0.717) is 12.5 Å². The van der Waals surface area contributed by atoms with Gasteiger partial charge in [0.25, 0.3) is 0 Å². The van der Waals surface area contributed by atoms with Gasteiger partial charge in [-0.3, -0.25) is 15.2 Å². The summed E-state index contributed by atoms with van der Waals surface area (Å²) in [5.41, 5.74) is -0.948. The molecule has 1 saturated heterocycles. The second kappa shape index (κ2) is 11.5. The van der Waals surface area contributed by atoms with Gasteiger partial charge in [-0.15, -0.1) is 0 Å². The summed E-state index contributed by atoms with van der Waals surface area (Å²) in [4.78, 5) is 16.8. The molecule has 38 heavy (non-hydrogen) atoms. The van der Waals surface area contributed by atoms with Crippen molar-refractivity contribution in [1.29, 1.82) is 10.7 Å². The minimum absolute atomic E-state index is 0.0239. The van der Waals surface area contributed by atoms with E-state index in [1.165, 1.54) is 6.07 Å². The second-order valence-corrected chi connectivity index (χ2v) is 10.1. The molecule has 2 N–H and O–H groups in total. The molecule has 198 valence electrons. The molecule has 0 spiro atoms. The number of nitriles is 1. The number of aromatic nitrogens is 1. The number of allylic oxidation sites excluding steroid dienone is 4. The summed E-state index contributed by atoms with van der Waals surface area (Å²) < 4.78 is 78.4. The molecule has 1 aliphatic heterocycles. The number of benzene rings is 1. The molecule has 2 aromatic rings. The third kappa shape index (κ3) is 6.41. The first-order valence-electron chi connectivity index (χ1n) is 11.1. The number of carbonyl (C=O) groups is 1. The maximum absolute atomic E-state index is 13.2. The van der Waals surface area contributed by atoms with E-state index in [0.717, 1.165) is 40.8 Å². The van der Waals surface area contributed by atoms with Crippen LogP contribution in [-0.2, 0) is 21.4 Å². The minimum Gasteiger partial charge on any atom is -0.351 e. The van der Waals surface area contributed by atoms with Gasteiger partial charge >= 0.3 is 6.18 Å². The molecular weight excluding hydrogens is 526 g/mol. The van der Waals surface area contributed by atoms with Crippen LogP contribution in [0.25, 0.3) is 5.57 Å².